The first-order valence-electron chi connectivity index (χ1n) is 4.38. The zero-order valence-electron chi connectivity index (χ0n) is 7.57. The first kappa shape index (κ1) is 9.52. The van der Waals surface area contributed by atoms with E-state index < -0.39 is 0 Å². The number of hydrogen-bond donors (Lipinski definition) is 1. The van der Waals surface area contributed by atoms with Gasteiger partial charge < -0.3 is 5.73 Å². The van der Waals surface area contributed by atoms with Crippen molar-refractivity contribution in [2.24, 2.45) is 0 Å². The first-order chi connectivity index (χ1) is 6.77. The first-order valence-corrected chi connectivity index (χ1v) is 5.46. The Balaban J connectivity index is 2.53. The highest BCUT2D eigenvalue weighted by molar-refractivity contribution is 14.1. The van der Waals surface area contributed by atoms with E-state index in [2.05, 4.69) is 40.8 Å². The Morgan fingerprint density at radius 3 is 2.29 bits per heavy atom. The molecule has 0 spiro atoms. The molecule has 70 valence electrons. The Bertz CT molecular complexity index is 437. The normalized spacial score (nSPS) is 10.1. The van der Waals surface area contributed by atoms with Gasteiger partial charge in [-0.25, -0.2) is 0 Å². The summed E-state index contributed by atoms with van der Waals surface area (Å²) in [5.41, 5.74) is 8.98. The lowest BCUT2D eigenvalue weighted by atomic mass is 10.1. The molecular formula is C12H10IN. The minimum absolute atomic E-state index is 0.814. The summed E-state index contributed by atoms with van der Waals surface area (Å²) in [4.78, 5) is 0. The molecule has 0 heterocycles. The van der Waals surface area contributed by atoms with E-state index >= 15 is 0 Å². The molecule has 0 atom stereocenters. The van der Waals surface area contributed by atoms with Gasteiger partial charge in [-0.15, -0.1) is 0 Å². The van der Waals surface area contributed by atoms with E-state index in [1.807, 2.05) is 30.3 Å². The van der Waals surface area contributed by atoms with Crippen LogP contribution in [0.5, 0.6) is 0 Å². The Hall–Kier alpha value is -1.03. The van der Waals surface area contributed by atoms with E-state index in [4.69, 9.17) is 5.73 Å². The lowest BCUT2D eigenvalue weighted by Crippen LogP contribution is -1.87. The molecule has 0 aromatic heterocycles. The van der Waals surface area contributed by atoms with E-state index in [1.54, 1.807) is 0 Å². The van der Waals surface area contributed by atoms with Gasteiger partial charge in [0.15, 0.2) is 0 Å². The van der Waals surface area contributed by atoms with Gasteiger partial charge in [0.1, 0.15) is 0 Å². The molecule has 14 heavy (non-hydrogen) atoms. The quantitative estimate of drug-likeness (QED) is 0.632. The Morgan fingerprint density at radius 2 is 1.64 bits per heavy atom. The molecule has 0 aliphatic heterocycles. The van der Waals surface area contributed by atoms with Crippen LogP contribution in [0.15, 0.2) is 48.5 Å². The van der Waals surface area contributed by atoms with Crippen LogP contribution in [-0.4, -0.2) is 0 Å². The summed E-state index contributed by atoms with van der Waals surface area (Å²) in [6, 6.07) is 16.3. The minimum atomic E-state index is 0.814. The second-order valence-corrected chi connectivity index (χ2v) is 4.27. The maximum Gasteiger partial charge on any atom is 0.0325 e. The van der Waals surface area contributed by atoms with Crippen molar-refractivity contribution in [1.82, 2.24) is 0 Å². The molecule has 2 rings (SSSR count). The van der Waals surface area contributed by atoms with Gasteiger partial charge in [-0.3, -0.25) is 0 Å². The van der Waals surface area contributed by atoms with Crippen LogP contribution in [0.25, 0.3) is 11.1 Å². The Kier molecular flexibility index (Phi) is 2.72. The lowest BCUT2D eigenvalue weighted by Gasteiger charge is -2.05. The van der Waals surface area contributed by atoms with Gasteiger partial charge in [0.05, 0.1) is 0 Å². The Labute approximate surface area is 97.1 Å². The average molecular weight is 295 g/mol. The zero-order valence-corrected chi connectivity index (χ0v) is 9.73. The van der Waals surface area contributed by atoms with Crippen LogP contribution in [0.2, 0.25) is 0 Å². The van der Waals surface area contributed by atoms with Crippen molar-refractivity contribution in [1.29, 1.82) is 0 Å². The predicted molar refractivity (Wildman–Crippen MR) is 69.0 cm³/mol. The van der Waals surface area contributed by atoms with Crippen LogP contribution >= 0.6 is 22.6 Å². The van der Waals surface area contributed by atoms with Gasteiger partial charge in [-0.2, -0.15) is 0 Å². The SMILES string of the molecule is Nc1ccc(-c2ccccc2)c(I)c1. The fourth-order valence-electron chi connectivity index (χ4n) is 1.38. The van der Waals surface area contributed by atoms with Gasteiger partial charge >= 0.3 is 0 Å². The molecule has 0 aliphatic rings. The molecule has 2 heteroatoms. The molecular weight excluding hydrogens is 285 g/mol. The number of nitrogen functional groups attached to an aromatic ring is 1. The molecule has 0 aliphatic carbocycles. The van der Waals surface area contributed by atoms with Crippen molar-refractivity contribution in [3.8, 4) is 11.1 Å². The van der Waals surface area contributed by atoms with Crippen LogP contribution in [0.3, 0.4) is 0 Å². The van der Waals surface area contributed by atoms with Crippen molar-refractivity contribution < 1.29 is 0 Å². The largest absolute Gasteiger partial charge is 0.399 e. The highest BCUT2D eigenvalue weighted by atomic mass is 127. The van der Waals surface area contributed by atoms with Gasteiger partial charge in [0.25, 0.3) is 0 Å². The smallest absolute Gasteiger partial charge is 0.0325 e. The van der Waals surface area contributed by atoms with Crippen LogP contribution < -0.4 is 5.73 Å². The van der Waals surface area contributed by atoms with Crippen molar-refractivity contribution >= 4 is 28.3 Å². The summed E-state index contributed by atoms with van der Waals surface area (Å²) in [5, 5.41) is 0. The molecule has 0 saturated heterocycles. The number of halogens is 1. The van der Waals surface area contributed by atoms with E-state index in [1.165, 1.54) is 14.7 Å². The number of rotatable bonds is 1. The fourth-order valence-corrected chi connectivity index (χ4v) is 2.23. The standard InChI is InChI=1S/C12H10IN/c13-12-8-10(14)6-7-11(12)9-4-2-1-3-5-9/h1-8H,14H2. The molecule has 0 fully saturated rings. The maximum absolute atomic E-state index is 5.70. The molecule has 2 N–H and O–H groups in total. The second-order valence-electron chi connectivity index (χ2n) is 3.11. The topological polar surface area (TPSA) is 26.0 Å². The summed E-state index contributed by atoms with van der Waals surface area (Å²) in [6.07, 6.45) is 0. The van der Waals surface area contributed by atoms with E-state index in [9.17, 15) is 0 Å². The Morgan fingerprint density at radius 1 is 0.929 bits per heavy atom. The number of hydrogen-bond acceptors (Lipinski definition) is 1. The summed E-state index contributed by atoms with van der Waals surface area (Å²) in [7, 11) is 0. The lowest BCUT2D eigenvalue weighted by molar-refractivity contribution is 1.58. The van der Waals surface area contributed by atoms with Gasteiger partial charge in [0.2, 0.25) is 0 Å². The van der Waals surface area contributed by atoms with Crippen molar-refractivity contribution in [3.63, 3.8) is 0 Å². The molecule has 0 radical (unpaired) electrons. The second kappa shape index (κ2) is 4.00. The van der Waals surface area contributed by atoms with Crippen molar-refractivity contribution in [2.45, 2.75) is 0 Å². The maximum atomic E-state index is 5.70. The summed E-state index contributed by atoms with van der Waals surface area (Å²) < 4.78 is 1.19. The van der Waals surface area contributed by atoms with Crippen molar-refractivity contribution in [3.05, 3.63) is 52.1 Å². The summed E-state index contributed by atoms with van der Waals surface area (Å²) in [5.74, 6) is 0. The fraction of sp³-hybridized carbons (Fsp3) is 0. The minimum Gasteiger partial charge on any atom is -0.399 e. The molecule has 0 unspecified atom stereocenters. The van der Waals surface area contributed by atoms with Crippen LogP contribution in [0.1, 0.15) is 0 Å². The van der Waals surface area contributed by atoms with Gasteiger partial charge in [0, 0.05) is 9.26 Å². The molecule has 0 saturated carbocycles. The summed E-state index contributed by atoms with van der Waals surface area (Å²) >= 11 is 2.31. The van der Waals surface area contributed by atoms with Gasteiger partial charge in [-0.05, 0) is 45.9 Å². The number of anilines is 1. The highest BCUT2D eigenvalue weighted by Gasteiger charge is 2.01. The van der Waals surface area contributed by atoms with E-state index in [0.29, 0.717) is 0 Å². The monoisotopic (exact) mass is 295 g/mol. The molecule has 2 aromatic rings. The number of benzene rings is 2. The van der Waals surface area contributed by atoms with Crippen molar-refractivity contribution in [2.75, 3.05) is 5.73 Å². The molecule has 2 aromatic carbocycles. The average Bonchev–Trinajstić information content (AvgIpc) is 2.19. The summed E-state index contributed by atoms with van der Waals surface area (Å²) in [6.45, 7) is 0. The zero-order chi connectivity index (χ0) is 9.97. The third-order valence-corrected chi connectivity index (χ3v) is 2.97. The van der Waals surface area contributed by atoms with Crippen LogP contribution in [0.4, 0.5) is 5.69 Å². The van der Waals surface area contributed by atoms with E-state index in [-0.39, 0.29) is 0 Å². The van der Waals surface area contributed by atoms with Gasteiger partial charge in [-0.1, -0.05) is 36.4 Å². The third-order valence-electron chi connectivity index (χ3n) is 2.08. The van der Waals surface area contributed by atoms with E-state index in [0.717, 1.165) is 5.69 Å². The molecule has 0 amide bonds. The van der Waals surface area contributed by atoms with Crippen LogP contribution in [-0.2, 0) is 0 Å². The predicted octanol–water partition coefficient (Wildman–Crippen LogP) is 3.54. The number of nitrogens with two attached hydrogens (primary N) is 1. The third kappa shape index (κ3) is 1.90. The highest BCUT2D eigenvalue weighted by Crippen LogP contribution is 2.26. The molecule has 1 nitrogen and oxygen atoms in total. The molecule has 0 bridgehead atoms. The van der Waals surface area contributed by atoms with Crippen LogP contribution in [0, 0.1) is 3.57 Å².